The second kappa shape index (κ2) is 5.58. The van der Waals surface area contributed by atoms with Crippen LogP contribution >= 0.6 is 0 Å². The van der Waals surface area contributed by atoms with Crippen LogP contribution in [0.1, 0.15) is 12.8 Å². The second-order valence-electron chi connectivity index (χ2n) is 4.52. The number of sulfonamides is 1. The summed E-state index contributed by atoms with van der Waals surface area (Å²) < 4.78 is 26.1. The Kier molecular flexibility index (Phi) is 4.06. The molecule has 0 spiro atoms. The van der Waals surface area contributed by atoms with E-state index in [1.807, 2.05) is 0 Å². The van der Waals surface area contributed by atoms with Crippen LogP contribution in [0.5, 0.6) is 0 Å². The lowest BCUT2D eigenvalue weighted by Crippen LogP contribution is -2.41. The van der Waals surface area contributed by atoms with Crippen molar-refractivity contribution in [3.8, 4) is 0 Å². The Morgan fingerprint density at radius 1 is 1.26 bits per heavy atom. The molecule has 7 heteroatoms. The Balaban J connectivity index is 2.10. The fourth-order valence-electron chi connectivity index (χ4n) is 2.22. The molecule has 1 aliphatic heterocycles. The summed E-state index contributed by atoms with van der Waals surface area (Å²) in [7, 11) is -3.43. The van der Waals surface area contributed by atoms with Gasteiger partial charge in [0.15, 0.2) is 0 Å². The minimum absolute atomic E-state index is 0.0489. The molecular weight excluding hydrogens is 266 g/mol. The molecule has 0 aromatic heterocycles. The van der Waals surface area contributed by atoms with Crippen molar-refractivity contribution in [3.63, 3.8) is 0 Å². The van der Waals surface area contributed by atoms with E-state index in [-0.39, 0.29) is 11.8 Å². The number of hydrogen-bond acceptors (Lipinski definition) is 4. The largest absolute Gasteiger partial charge is 0.409 e. The molecule has 0 unspecified atom stereocenters. The molecule has 0 saturated carbocycles. The number of rotatable bonds is 3. The molecule has 0 radical (unpaired) electrons. The quantitative estimate of drug-likeness (QED) is 0.372. The number of nitrogens with zero attached hydrogens (tertiary/aromatic N) is 2. The summed E-state index contributed by atoms with van der Waals surface area (Å²) in [6.45, 7) is 0.774. The van der Waals surface area contributed by atoms with Crippen LogP contribution in [0.2, 0.25) is 0 Å². The lowest BCUT2D eigenvalue weighted by molar-refractivity contribution is 0.291. The third-order valence-electron chi connectivity index (χ3n) is 3.37. The van der Waals surface area contributed by atoms with Gasteiger partial charge < -0.3 is 10.9 Å². The minimum atomic E-state index is -3.43. The highest BCUT2D eigenvalue weighted by atomic mass is 32.2. The van der Waals surface area contributed by atoms with Crippen LogP contribution in [-0.2, 0) is 10.0 Å². The van der Waals surface area contributed by atoms with Crippen molar-refractivity contribution in [1.82, 2.24) is 4.31 Å². The lowest BCUT2D eigenvalue weighted by Gasteiger charge is -2.30. The van der Waals surface area contributed by atoms with Crippen LogP contribution in [0.15, 0.2) is 40.4 Å². The highest BCUT2D eigenvalue weighted by Gasteiger charge is 2.30. The smallest absolute Gasteiger partial charge is 0.243 e. The highest BCUT2D eigenvalue weighted by molar-refractivity contribution is 7.89. The van der Waals surface area contributed by atoms with E-state index in [0.29, 0.717) is 30.8 Å². The predicted molar refractivity (Wildman–Crippen MR) is 71.3 cm³/mol. The normalized spacial score (nSPS) is 19.5. The summed E-state index contributed by atoms with van der Waals surface area (Å²) >= 11 is 0. The molecule has 1 saturated heterocycles. The molecule has 0 atom stereocenters. The highest BCUT2D eigenvalue weighted by Crippen LogP contribution is 2.23. The Labute approximate surface area is 112 Å². The first kappa shape index (κ1) is 13.8. The average molecular weight is 283 g/mol. The van der Waals surface area contributed by atoms with Gasteiger partial charge in [0.2, 0.25) is 10.0 Å². The van der Waals surface area contributed by atoms with E-state index in [0.717, 1.165) is 0 Å². The van der Waals surface area contributed by atoms with E-state index in [9.17, 15) is 8.42 Å². The Hall–Kier alpha value is -1.60. The van der Waals surface area contributed by atoms with Crippen molar-refractivity contribution in [3.05, 3.63) is 30.3 Å². The molecule has 6 nitrogen and oxygen atoms in total. The summed E-state index contributed by atoms with van der Waals surface area (Å²) in [5, 5.41) is 11.6. The van der Waals surface area contributed by atoms with Crippen LogP contribution in [0.25, 0.3) is 0 Å². The number of oxime groups is 1. The topological polar surface area (TPSA) is 96.0 Å². The zero-order chi connectivity index (χ0) is 13.9. The van der Waals surface area contributed by atoms with Gasteiger partial charge in [-0.1, -0.05) is 23.4 Å². The van der Waals surface area contributed by atoms with E-state index >= 15 is 0 Å². The molecule has 3 N–H and O–H groups in total. The van der Waals surface area contributed by atoms with Crippen LogP contribution in [0.3, 0.4) is 0 Å². The maximum absolute atomic E-state index is 12.3. The third kappa shape index (κ3) is 2.87. The van der Waals surface area contributed by atoms with Crippen molar-refractivity contribution in [2.75, 3.05) is 13.1 Å². The maximum atomic E-state index is 12.3. The Bertz CT molecular complexity index is 549. The Morgan fingerprint density at radius 3 is 2.37 bits per heavy atom. The molecule has 0 amide bonds. The number of nitrogens with two attached hydrogens (primary N) is 1. The van der Waals surface area contributed by atoms with Crippen molar-refractivity contribution >= 4 is 15.9 Å². The molecule has 1 heterocycles. The van der Waals surface area contributed by atoms with Gasteiger partial charge in [-0.3, -0.25) is 0 Å². The van der Waals surface area contributed by atoms with Gasteiger partial charge in [-0.05, 0) is 25.0 Å². The SMILES string of the molecule is NC(=NO)C1CCN(S(=O)(=O)c2ccccc2)CC1. The van der Waals surface area contributed by atoms with Crippen molar-refractivity contribution in [2.24, 2.45) is 16.8 Å². The number of benzene rings is 1. The van der Waals surface area contributed by atoms with E-state index in [1.165, 1.54) is 4.31 Å². The van der Waals surface area contributed by atoms with Gasteiger partial charge in [0.05, 0.1) is 4.90 Å². The molecule has 1 aromatic rings. The Morgan fingerprint density at radius 2 is 1.84 bits per heavy atom. The van der Waals surface area contributed by atoms with Crippen molar-refractivity contribution in [1.29, 1.82) is 0 Å². The molecule has 1 fully saturated rings. The first-order valence-electron chi connectivity index (χ1n) is 6.08. The molecule has 19 heavy (non-hydrogen) atoms. The van der Waals surface area contributed by atoms with Gasteiger partial charge in [-0.25, -0.2) is 8.42 Å². The first-order chi connectivity index (χ1) is 9.05. The van der Waals surface area contributed by atoms with E-state index < -0.39 is 10.0 Å². The van der Waals surface area contributed by atoms with Crippen molar-refractivity contribution in [2.45, 2.75) is 17.7 Å². The third-order valence-corrected chi connectivity index (χ3v) is 5.28. The predicted octanol–water partition coefficient (Wildman–Crippen LogP) is 0.834. The van der Waals surface area contributed by atoms with Gasteiger partial charge in [0, 0.05) is 19.0 Å². The summed E-state index contributed by atoms with van der Waals surface area (Å²) in [5.74, 6) is 0.129. The summed E-state index contributed by atoms with van der Waals surface area (Å²) in [4.78, 5) is 0.303. The maximum Gasteiger partial charge on any atom is 0.243 e. The van der Waals surface area contributed by atoms with Crippen molar-refractivity contribution < 1.29 is 13.6 Å². The van der Waals surface area contributed by atoms with Crippen LogP contribution in [0.4, 0.5) is 0 Å². The zero-order valence-corrected chi connectivity index (χ0v) is 11.3. The van der Waals surface area contributed by atoms with Gasteiger partial charge in [-0.2, -0.15) is 4.31 Å². The van der Waals surface area contributed by atoms with E-state index in [2.05, 4.69) is 5.16 Å². The van der Waals surface area contributed by atoms with Gasteiger partial charge in [-0.15, -0.1) is 0 Å². The minimum Gasteiger partial charge on any atom is -0.409 e. The first-order valence-corrected chi connectivity index (χ1v) is 7.52. The summed E-state index contributed by atoms with van der Waals surface area (Å²) in [6, 6.07) is 8.37. The standard InChI is InChI=1S/C12H17N3O3S/c13-12(14-16)10-6-8-15(9-7-10)19(17,18)11-4-2-1-3-5-11/h1-5,10,16H,6-9H2,(H2,13,14). The molecule has 2 rings (SSSR count). The summed E-state index contributed by atoms with van der Waals surface area (Å²) in [5.41, 5.74) is 5.55. The lowest BCUT2D eigenvalue weighted by atomic mass is 9.97. The number of piperidine rings is 1. The molecule has 0 aliphatic carbocycles. The summed E-state index contributed by atoms with van der Waals surface area (Å²) in [6.07, 6.45) is 1.14. The van der Waals surface area contributed by atoms with Crippen LogP contribution in [-0.4, -0.2) is 36.9 Å². The monoisotopic (exact) mass is 283 g/mol. The van der Waals surface area contributed by atoms with Gasteiger partial charge in [0.25, 0.3) is 0 Å². The van der Waals surface area contributed by atoms with E-state index in [4.69, 9.17) is 10.9 Å². The van der Waals surface area contributed by atoms with Crippen LogP contribution in [0, 0.1) is 5.92 Å². The fourth-order valence-corrected chi connectivity index (χ4v) is 3.71. The fraction of sp³-hybridized carbons (Fsp3) is 0.417. The molecule has 1 aromatic carbocycles. The molecular formula is C12H17N3O3S. The van der Waals surface area contributed by atoms with Gasteiger partial charge >= 0.3 is 0 Å². The zero-order valence-electron chi connectivity index (χ0n) is 10.4. The van der Waals surface area contributed by atoms with Crippen LogP contribution < -0.4 is 5.73 Å². The van der Waals surface area contributed by atoms with Gasteiger partial charge in [0.1, 0.15) is 5.84 Å². The number of hydrogen-bond donors (Lipinski definition) is 2. The number of amidine groups is 1. The molecule has 104 valence electrons. The average Bonchev–Trinajstić information content (AvgIpc) is 2.47. The molecule has 1 aliphatic rings. The second-order valence-corrected chi connectivity index (χ2v) is 6.45. The van der Waals surface area contributed by atoms with E-state index in [1.54, 1.807) is 30.3 Å². The molecule has 0 bridgehead atoms.